The summed E-state index contributed by atoms with van der Waals surface area (Å²) in [4.78, 5) is 7.08. The third-order valence-electron chi connectivity index (χ3n) is 3.01. The van der Waals surface area contributed by atoms with Crippen molar-refractivity contribution in [1.29, 1.82) is 0 Å². The van der Waals surface area contributed by atoms with Crippen molar-refractivity contribution in [3.8, 4) is 0 Å². The first-order valence-electron chi connectivity index (χ1n) is 7.43. The van der Waals surface area contributed by atoms with E-state index in [1.54, 1.807) is 0 Å². The van der Waals surface area contributed by atoms with E-state index in [0.717, 1.165) is 6.07 Å². The molecule has 5 nitrogen and oxygen atoms in total. The lowest BCUT2D eigenvalue weighted by Gasteiger charge is -2.15. The van der Waals surface area contributed by atoms with Crippen molar-refractivity contribution in [2.75, 3.05) is 17.2 Å². The number of rotatable bonds is 6. The van der Waals surface area contributed by atoms with Crippen molar-refractivity contribution < 1.29 is 31.4 Å². The molecule has 2 rings (SSSR count). The van der Waals surface area contributed by atoms with Gasteiger partial charge < -0.3 is 15.7 Å². The Morgan fingerprint density at radius 2 is 1.81 bits per heavy atom. The summed E-state index contributed by atoms with van der Waals surface area (Å²) in [7, 11) is 0. The Kier molecular flexibility index (Phi) is 6.42. The van der Waals surface area contributed by atoms with Gasteiger partial charge in [0.2, 0.25) is 5.95 Å². The van der Waals surface area contributed by atoms with Crippen LogP contribution in [-0.4, -0.2) is 33.2 Å². The Morgan fingerprint density at radius 1 is 1.11 bits per heavy atom. The zero-order valence-corrected chi connectivity index (χ0v) is 14.5. The molecule has 1 aromatic heterocycles. The average molecular weight is 412 g/mol. The minimum Gasteiger partial charge on any atom is -0.394 e. The van der Waals surface area contributed by atoms with E-state index in [9.17, 15) is 26.3 Å². The average Bonchev–Trinajstić information content (AvgIpc) is 2.52. The number of aliphatic hydroxyl groups excluding tert-OH is 1. The molecule has 0 aliphatic heterocycles. The number of aromatic nitrogens is 2. The normalized spacial score (nSPS) is 13.3. The molecule has 0 aliphatic carbocycles. The zero-order valence-electron chi connectivity index (χ0n) is 13.7. The molecule has 3 N–H and O–H groups in total. The molecule has 148 valence electrons. The van der Waals surface area contributed by atoms with Crippen LogP contribution >= 0.6 is 11.8 Å². The maximum Gasteiger partial charge on any atom is 0.446 e. The molecule has 0 bridgehead atoms. The summed E-state index contributed by atoms with van der Waals surface area (Å²) in [5.41, 5.74) is -5.61. The molecule has 0 saturated carbocycles. The molecule has 0 amide bonds. The predicted molar refractivity (Wildman–Crippen MR) is 88.8 cm³/mol. The first kappa shape index (κ1) is 21.1. The molecule has 0 unspecified atom stereocenters. The Hall–Kier alpha value is -2.21. The number of anilines is 3. The SMILES string of the molecule is C[C@H](CO)Nc1nc(Nc2cccc(SC(F)(F)F)c2)cc(C(F)(F)F)n1. The van der Waals surface area contributed by atoms with Crippen LogP contribution in [0.25, 0.3) is 0 Å². The Morgan fingerprint density at radius 3 is 2.41 bits per heavy atom. The van der Waals surface area contributed by atoms with E-state index in [1.165, 1.54) is 25.1 Å². The van der Waals surface area contributed by atoms with E-state index in [-0.39, 0.29) is 40.7 Å². The lowest BCUT2D eigenvalue weighted by Crippen LogP contribution is -2.22. The van der Waals surface area contributed by atoms with Crippen molar-refractivity contribution in [1.82, 2.24) is 9.97 Å². The fourth-order valence-electron chi connectivity index (χ4n) is 1.91. The highest BCUT2D eigenvalue weighted by Gasteiger charge is 2.34. The predicted octanol–water partition coefficient (Wildman–Crippen LogP) is 4.64. The summed E-state index contributed by atoms with van der Waals surface area (Å²) in [5.74, 6) is -0.645. The Bertz CT molecular complexity index is 784. The molecular formula is C15H14F6N4OS. The first-order chi connectivity index (χ1) is 12.5. The number of aliphatic hydroxyl groups is 1. The molecule has 0 fully saturated rings. The van der Waals surface area contributed by atoms with Gasteiger partial charge in [0.1, 0.15) is 5.82 Å². The number of hydrogen-bond donors (Lipinski definition) is 3. The lowest BCUT2D eigenvalue weighted by molar-refractivity contribution is -0.141. The summed E-state index contributed by atoms with van der Waals surface area (Å²) >= 11 is -0.345. The monoisotopic (exact) mass is 412 g/mol. The summed E-state index contributed by atoms with van der Waals surface area (Å²) in [5, 5.41) is 14.1. The fourth-order valence-corrected chi connectivity index (χ4v) is 2.51. The maximum absolute atomic E-state index is 13.0. The van der Waals surface area contributed by atoms with Gasteiger partial charge >= 0.3 is 11.7 Å². The van der Waals surface area contributed by atoms with Crippen LogP contribution in [0, 0.1) is 0 Å². The number of hydrogen-bond acceptors (Lipinski definition) is 6. The van der Waals surface area contributed by atoms with Gasteiger partial charge in [-0.1, -0.05) is 6.07 Å². The Balaban J connectivity index is 2.32. The van der Waals surface area contributed by atoms with Crippen molar-refractivity contribution in [2.45, 2.75) is 29.5 Å². The van der Waals surface area contributed by atoms with Gasteiger partial charge in [-0.15, -0.1) is 0 Å². The second kappa shape index (κ2) is 8.21. The lowest BCUT2D eigenvalue weighted by atomic mass is 10.3. The van der Waals surface area contributed by atoms with Crippen molar-refractivity contribution >= 4 is 29.2 Å². The van der Waals surface area contributed by atoms with Crippen LogP contribution in [0.5, 0.6) is 0 Å². The van der Waals surface area contributed by atoms with Gasteiger partial charge in [0.05, 0.1) is 6.61 Å². The van der Waals surface area contributed by atoms with Crippen LogP contribution in [0.4, 0.5) is 43.8 Å². The molecular weight excluding hydrogens is 398 g/mol. The van der Waals surface area contributed by atoms with Gasteiger partial charge in [0.15, 0.2) is 5.69 Å². The van der Waals surface area contributed by atoms with Crippen LogP contribution in [-0.2, 0) is 6.18 Å². The quantitative estimate of drug-likeness (QED) is 0.474. The summed E-state index contributed by atoms with van der Waals surface area (Å²) in [6, 6.07) is 5.11. The standard InChI is InChI=1S/C15H14F6N4OS/c1-8(7-26)22-13-24-11(14(16,17)18)6-12(25-13)23-9-3-2-4-10(5-9)27-15(19,20)21/h2-6,8,26H,7H2,1H3,(H2,22,23,24,25)/t8-/m1/s1. The third-order valence-corrected chi connectivity index (χ3v) is 3.73. The van der Waals surface area contributed by atoms with Gasteiger partial charge in [-0.25, -0.2) is 4.98 Å². The Labute approximate surface area is 154 Å². The van der Waals surface area contributed by atoms with E-state index in [2.05, 4.69) is 20.6 Å². The van der Waals surface area contributed by atoms with Gasteiger partial charge in [0, 0.05) is 22.7 Å². The van der Waals surface area contributed by atoms with Gasteiger partial charge in [-0.05, 0) is 36.9 Å². The van der Waals surface area contributed by atoms with Crippen molar-refractivity contribution in [3.63, 3.8) is 0 Å². The molecule has 1 aromatic carbocycles. The van der Waals surface area contributed by atoms with Gasteiger partial charge in [0.25, 0.3) is 0 Å². The summed E-state index contributed by atoms with van der Waals surface area (Å²) in [6.45, 7) is 1.15. The molecule has 12 heteroatoms. The summed E-state index contributed by atoms with van der Waals surface area (Å²) in [6.07, 6.45) is -4.76. The molecule has 0 radical (unpaired) electrons. The van der Waals surface area contributed by atoms with E-state index in [1.807, 2.05) is 0 Å². The maximum atomic E-state index is 13.0. The molecule has 0 aliphatic rings. The minimum atomic E-state index is -4.76. The van der Waals surface area contributed by atoms with Crippen LogP contribution in [0.3, 0.4) is 0 Å². The van der Waals surface area contributed by atoms with E-state index < -0.39 is 23.4 Å². The van der Waals surface area contributed by atoms with E-state index in [4.69, 9.17) is 5.11 Å². The number of thioether (sulfide) groups is 1. The van der Waals surface area contributed by atoms with E-state index >= 15 is 0 Å². The van der Waals surface area contributed by atoms with Crippen molar-refractivity contribution in [3.05, 3.63) is 36.0 Å². The molecule has 2 aromatic rings. The number of nitrogens with one attached hydrogen (secondary N) is 2. The number of halogens is 6. The van der Waals surface area contributed by atoms with Crippen LogP contribution in [0.1, 0.15) is 12.6 Å². The second-order valence-electron chi connectivity index (χ2n) is 5.39. The highest BCUT2D eigenvalue weighted by Crippen LogP contribution is 2.38. The van der Waals surface area contributed by atoms with Crippen LogP contribution in [0.2, 0.25) is 0 Å². The second-order valence-corrected chi connectivity index (χ2v) is 6.53. The van der Waals surface area contributed by atoms with Gasteiger partial charge in [-0.2, -0.15) is 31.3 Å². The number of alkyl halides is 6. The number of nitrogens with zero attached hydrogens (tertiary/aromatic N) is 2. The first-order valence-corrected chi connectivity index (χ1v) is 8.24. The van der Waals surface area contributed by atoms with Gasteiger partial charge in [-0.3, -0.25) is 0 Å². The molecule has 1 heterocycles. The smallest absolute Gasteiger partial charge is 0.394 e. The van der Waals surface area contributed by atoms with Crippen LogP contribution in [0.15, 0.2) is 35.2 Å². The molecule has 27 heavy (non-hydrogen) atoms. The fraction of sp³-hybridized carbons (Fsp3) is 0.333. The topological polar surface area (TPSA) is 70.1 Å². The molecule has 0 spiro atoms. The minimum absolute atomic E-state index is 0.122. The molecule has 1 atom stereocenters. The zero-order chi connectivity index (χ0) is 20.2. The largest absolute Gasteiger partial charge is 0.446 e. The highest BCUT2D eigenvalue weighted by molar-refractivity contribution is 8.00. The third kappa shape index (κ3) is 6.79. The van der Waals surface area contributed by atoms with E-state index in [0.29, 0.717) is 6.07 Å². The summed E-state index contributed by atoms with van der Waals surface area (Å²) < 4.78 is 76.5. The van der Waals surface area contributed by atoms with Crippen molar-refractivity contribution in [2.24, 2.45) is 0 Å². The molecule has 0 saturated heterocycles. The highest BCUT2D eigenvalue weighted by atomic mass is 32.2. The van der Waals surface area contributed by atoms with Crippen LogP contribution < -0.4 is 10.6 Å². The number of benzene rings is 1.